The second kappa shape index (κ2) is 11.6. The molecule has 5 nitrogen and oxygen atoms in total. The van der Waals surface area contributed by atoms with E-state index in [1.54, 1.807) is 0 Å². The Hall–Kier alpha value is -1.41. The average molecular weight is 498 g/mol. The molecule has 2 aromatic rings. The number of aryl methyl sites for hydroxylation is 1. The van der Waals surface area contributed by atoms with Crippen molar-refractivity contribution in [2.45, 2.75) is 64.2 Å². The van der Waals surface area contributed by atoms with Gasteiger partial charge in [0.05, 0.1) is 13.2 Å². The van der Waals surface area contributed by atoms with Gasteiger partial charge in [-0.2, -0.15) is 0 Å². The van der Waals surface area contributed by atoms with Gasteiger partial charge in [-0.3, -0.25) is 0 Å². The Bertz CT molecular complexity index is 725. The second-order valence-corrected chi connectivity index (χ2v) is 7.36. The first-order chi connectivity index (χ1) is 13.1. The van der Waals surface area contributed by atoms with Gasteiger partial charge in [-0.1, -0.05) is 56.0 Å². The minimum absolute atomic E-state index is 0. The van der Waals surface area contributed by atoms with Crippen LogP contribution in [0.2, 0.25) is 0 Å². The van der Waals surface area contributed by atoms with E-state index in [2.05, 4.69) is 4.57 Å². The van der Waals surface area contributed by atoms with E-state index in [9.17, 15) is 4.79 Å². The maximum atomic E-state index is 12.8. The summed E-state index contributed by atoms with van der Waals surface area (Å²) in [6, 6.07) is 9.72. The highest BCUT2D eigenvalue weighted by atomic mass is 127. The number of hydrogen-bond acceptors (Lipinski definition) is 3. The van der Waals surface area contributed by atoms with E-state index in [1.165, 1.54) is 25.7 Å². The molecular weight excluding hydrogens is 467 g/mol. The fourth-order valence-corrected chi connectivity index (χ4v) is 3.62. The molecule has 1 aliphatic carbocycles. The Balaban J connectivity index is 0.00000280. The van der Waals surface area contributed by atoms with E-state index in [-0.39, 0.29) is 36.0 Å². The number of nitrogens with zero attached hydrogens (tertiary/aromatic N) is 2. The lowest BCUT2D eigenvalue weighted by Gasteiger charge is -2.23. The quantitative estimate of drug-likeness (QED) is 0.244. The highest BCUT2D eigenvalue weighted by Crippen LogP contribution is 2.27. The first-order valence-electron chi connectivity index (χ1n) is 10.0. The first kappa shape index (κ1) is 22.9. The predicted octanol–water partition coefficient (Wildman–Crippen LogP) is 0.649. The molecule has 0 spiro atoms. The summed E-state index contributed by atoms with van der Waals surface area (Å²) in [4.78, 5) is 12.8. The summed E-state index contributed by atoms with van der Waals surface area (Å²) in [5.41, 5.74) is 0.871. The number of ether oxygens (including phenoxy) is 2. The highest BCUT2D eigenvalue weighted by Gasteiger charge is 2.27. The van der Waals surface area contributed by atoms with Crippen LogP contribution in [0, 0.1) is 6.92 Å². The molecule has 1 heterocycles. The van der Waals surface area contributed by atoms with Crippen LogP contribution in [0.5, 0.6) is 0 Å². The molecule has 0 saturated heterocycles. The average Bonchev–Trinajstić information content (AvgIpc) is 2.89. The van der Waals surface area contributed by atoms with E-state index in [4.69, 9.17) is 9.47 Å². The van der Waals surface area contributed by atoms with Gasteiger partial charge in [0, 0.05) is 6.92 Å². The lowest BCUT2D eigenvalue weighted by molar-refractivity contribution is -0.677. The van der Waals surface area contributed by atoms with Crippen molar-refractivity contribution >= 4 is 5.97 Å². The first-order valence-corrected chi connectivity index (χ1v) is 10.0. The van der Waals surface area contributed by atoms with Crippen LogP contribution >= 0.6 is 0 Å². The van der Waals surface area contributed by atoms with E-state index < -0.39 is 6.10 Å². The molecule has 3 rings (SSSR count). The number of carbonyl (C=O) groups is 1. The molecule has 154 valence electrons. The van der Waals surface area contributed by atoms with Crippen molar-refractivity contribution in [3.8, 4) is 0 Å². The molecule has 1 unspecified atom stereocenters. The fourth-order valence-electron chi connectivity index (χ4n) is 3.62. The predicted molar refractivity (Wildman–Crippen MR) is 103 cm³/mol. The molecule has 0 N–H and O–H groups in total. The van der Waals surface area contributed by atoms with Crippen molar-refractivity contribution in [3.63, 3.8) is 0 Å². The summed E-state index contributed by atoms with van der Waals surface area (Å²) < 4.78 is 16.0. The van der Waals surface area contributed by atoms with Crippen LogP contribution in [0.4, 0.5) is 0 Å². The monoisotopic (exact) mass is 498 g/mol. The number of rotatable bonds is 7. The third-order valence-electron chi connectivity index (χ3n) is 5.42. The minimum Gasteiger partial charge on any atom is -1.00 e. The molecule has 1 atom stereocenters. The van der Waals surface area contributed by atoms with Gasteiger partial charge < -0.3 is 33.5 Å². The Labute approximate surface area is 185 Å². The maximum Gasteiger partial charge on any atom is 0.340 e. The summed E-state index contributed by atoms with van der Waals surface area (Å²) in [6.07, 6.45) is 10.4. The number of imidazole rings is 1. The SMILES string of the molecule is Cc1n(CCOC(=O)C(OC2CCCCCC2)c2ccccc2)cc[n+]1C.[I-]. The molecule has 0 bridgehead atoms. The molecule has 0 amide bonds. The van der Waals surface area contributed by atoms with Crippen molar-refractivity contribution in [2.24, 2.45) is 7.05 Å². The van der Waals surface area contributed by atoms with E-state index in [0.29, 0.717) is 13.2 Å². The summed E-state index contributed by atoms with van der Waals surface area (Å²) >= 11 is 0. The molecule has 1 fully saturated rings. The largest absolute Gasteiger partial charge is 1.00 e. The lowest BCUT2D eigenvalue weighted by atomic mass is 10.1. The summed E-state index contributed by atoms with van der Waals surface area (Å²) in [5, 5.41) is 0. The van der Waals surface area contributed by atoms with Crippen molar-refractivity contribution < 1.29 is 42.8 Å². The Morgan fingerprint density at radius 3 is 2.46 bits per heavy atom. The number of aromatic nitrogens is 2. The van der Waals surface area contributed by atoms with Crippen LogP contribution in [0.1, 0.15) is 56.0 Å². The van der Waals surface area contributed by atoms with Crippen molar-refractivity contribution in [3.05, 3.63) is 54.1 Å². The zero-order valence-electron chi connectivity index (χ0n) is 16.9. The Kier molecular flexibility index (Phi) is 9.44. The number of esters is 1. The molecule has 1 aliphatic rings. The molecule has 28 heavy (non-hydrogen) atoms. The van der Waals surface area contributed by atoms with Gasteiger partial charge in [-0.25, -0.2) is 13.9 Å². The number of hydrogen-bond donors (Lipinski definition) is 0. The molecule has 0 radical (unpaired) electrons. The van der Waals surface area contributed by atoms with Gasteiger partial charge >= 0.3 is 5.97 Å². The van der Waals surface area contributed by atoms with Gasteiger partial charge in [0.15, 0.2) is 6.10 Å². The summed E-state index contributed by atoms with van der Waals surface area (Å²) in [5.74, 6) is 0.833. The zero-order valence-corrected chi connectivity index (χ0v) is 19.0. The standard InChI is InChI=1S/C22H31N2O3.HI/c1-18-23(2)14-15-24(18)16-17-26-22(25)21(19-10-6-5-7-11-19)27-20-12-8-3-4-9-13-20;/h5-7,10-11,14-15,20-21H,3-4,8-9,12-13,16-17H2,1-2H3;1H/q+1;/p-1. The second-order valence-electron chi connectivity index (χ2n) is 7.36. The lowest BCUT2D eigenvalue weighted by Crippen LogP contribution is -3.00. The van der Waals surface area contributed by atoms with E-state index in [0.717, 1.165) is 24.2 Å². The molecule has 1 aromatic carbocycles. The van der Waals surface area contributed by atoms with Crippen LogP contribution < -0.4 is 28.5 Å². The van der Waals surface area contributed by atoms with Crippen molar-refractivity contribution in [1.82, 2.24) is 4.57 Å². The zero-order chi connectivity index (χ0) is 19.1. The summed E-state index contributed by atoms with van der Waals surface area (Å²) in [6.45, 7) is 3.03. The molecule has 1 saturated carbocycles. The molecule has 1 aromatic heterocycles. The van der Waals surface area contributed by atoms with Crippen LogP contribution in [0.25, 0.3) is 0 Å². The fraction of sp³-hybridized carbons (Fsp3) is 0.545. The van der Waals surface area contributed by atoms with Crippen molar-refractivity contribution in [1.29, 1.82) is 0 Å². The number of benzene rings is 1. The van der Waals surface area contributed by atoms with E-state index in [1.807, 2.05) is 61.3 Å². The Morgan fingerprint density at radius 1 is 1.18 bits per heavy atom. The van der Waals surface area contributed by atoms with Crippen LogP contribution in [-0.4, -0.2) is 23.2 Å². The third-order valence-corrected chi connectivity index (χ3v) is 5.42. The van der Waals surface area contributed by atoms with E-state index >= 15 is 0 Å². The normalized spacial score (nSPS) is 16.1. The van der Waals surface area contributed by atoms with Crippen LogP contribution in [0.3, 0.4) is 0 Å². The van der Waals surface area contributed by atoms with Crippen molar-refractivity contribution in [2.75, 3.05) is 6.61 Å². The number of halogens is 1. The summed E-state index contributed by atoms with van der Waals surface area (Å²) in [7, 11) is 2.00. The third kappa shape index (κ3) is 6.30. The minimum atomic E-state index is -0.642. The molecule has 0 aliphatic heterocycles. The molecular formula is C22H31IN2O3. The van der Waals surface area contributed by atoms with Crippen LogP contribution in [-0.2, 0) is 27.9 Å². The van der Waals surface area contributed by atoms with Gasteiger partial charge in [0.1, 0.15) is 25.5 Å². The smallest absolute Gasteiger partial charge is 0.340 e. The highest BCUT2D eigenvalue weighted by molar-refractivity contribution is 5.76. The van der Waals surface area contributed by atoms with Gasteiger partial charge in [-0.05, 0) is 18.4 Å². The maximum absolute atomic E-state index is 12.8. The van der Waals surface area contributed by atoms with Gasteiger partial charge in [-0.15, -0.1) is 0 Å². The topological polar surface area (TPSA) is 44.3 Å². The number of carbonyl (C=O) groups excluding carboxylic acids is 1. The Morgan fingerprint density at radius 2 is 1.86 bits per heavy atom. The van der Waals surface area contributed by atoms with Gasteiger partial charge in [0.2, 0.25) is 0 Å². The molecule has 6 heteroatoms. The van der Waals surface area contributed by atoms with Crippen LogP contribution in [0.15, 0.2) is 42.7 Å². The van der Waals surface area contributed by atoms with Gasteiger partial charge in [0.25, 0.3) is 5.82 Å².